The summed E-state index contributed by atoms with van der Waals surface area (Å²) in [5.74, 6) is 0. The highest BCUT2D eigenvalue weighted by atomic mass is 131. The van der Waals surface area contributed by atoms with Gasteiger partial charge in [0.2, 0.25) is 0 Å². The Morgan fingerprint density at radius 3 is 1.88 bits per heavy atom. The smallest absolute Gasteiger partial charge is 0.123 e. The average molecular weight is 467 g/mol. The van der Waals surface area contributed by atoms with Crippen LogP contribution in [0.2, 0.25) is 0 Å². The third kappa shape index (κ3) is 4.25. The average Bonchev–Trinajstić information content (AvgIpc) is 2.70. The topological polar surface area (TPSA) is 35.0 Å². The van der Waals surface area contributed by atoms with Crippen LogP contribution in [0.1, 0.15) is 0 Å². The fourth-order valence-electron chi connectivity index (χ4n) is 3.03. The van der Waals surface area contributed by atoms with Gasteiger partial charge in [0.25, 0.3) is 0 Å². The van der Waals surface area contributed by atoms with E-state index in [9.17, 15) is 0 Å². The zero-order valence-corrected chi connectivity index (χ0v) is 17.0. The first kappa shape index (κ1) is 18.4. The number of rotatable bonds is 8. The predicted molar refractivity (Wildman–Crippen MR) is 115 cm³/mol. The molecule has 0 saturated heterocycles. The van der Waals surface area contributed by atoms with Crippen LogP contribution in [0.4, 0.5) is 0 Å². The summed E-state index contributed by atoms with van der Waals surface area (Å²) in [4.78, 5) is 8.82. The molecule has 0 unspecified atom stereocenters. The molecule has 0 radical (unpaired) electrons. The zero-order chi connectivity index (χ0) is 17.4. The number of pyridine rings is 2. The molecule has 0 aliphatic heterocycles. The lowest BCUT2D eigenvalue weighted by atomic mass is 10.4. The molecule has 0 amide bonds. The molecule has 0 saturated carbocycles. The lowest BCUT2D eigenvalue weighted by Gasteiger charge is -2.26. The van der Waals surface area contributed by atoms with Gasteiger partial charge in [0, 0.05) is 16.8 Å². The van der Waals surface area contributed by atoms with E-state index in [1.54, 1.807) is 0 Å². The quantitative estimate of drug-likeness (QED) is 0.221. The maximum Gasteiger partial charge on any atom is 0.123 e. The molecule has 0 atom stereocenters. The van der Waals surface area contributed by atoms with E-state index < -0.39 is 7.26 Å². The predicted octanol–water partition coefficient (Wildman–Crippen LogP) is 3.22. The van der Waals surface area contributed by atoms with E-state index in [0.717, 1.165) is 23.8 Å². The summed E-state index contributed by atoms with van der Waals surface area (Å²) in [6, 6.07) is 19.2. The van der Waals surface area contributed by atoms with Crippen molar-refractivity contribution in [2.75, 3.05) is 23.8 Å². The normalized spacial score (nSPS) is 11.4. The van der Waals surface area contributed by atoms with Crippen LogP contribution in [0.15, 0.2) is 79.4 Å². The van der Waals surface area contributed by atoms with Crippen molar-refractivity contribution in [1.82, 2.24) is 9.97 Å². The summed E-state index contributed by atoms with van der Waals surface area (Å²) in [5.41, 5.74) is 0. The van der Waals surface area contributed by atoms with Crippen molar-refractivity contribution in [3.05, 3.63) is 79.4 Å². The molecule has 0 fully saturated rings. The van der Waals surface area contributed by atoms with E-state index in [1.165, 1.54) is 15.9 Å². The van der Waals surface area contributed by atoms with E-state index >= 15 is 0 Å². The molecular formula is C20H21IN2OP+. The van der Waals surface area contributed by atoms with Crippen LogP contribution in [0, 0.1) is 0 Å². The van der Waals surface area contributed by atoms with Crippen LogP contribution in [0.25, 0.3) is 0 Å². The summed E-state index contributed by atoms with van der Waals surface area (Å²) in [6.07, 6.45) is 8.63. The summed E-state index contributed by atoms with van der Waals surface area (Å²) in [6.45, 7) is 1.52. The number of hydrogen-bond acceptors (Lipinski definition) is 3. The van der Waals surface area contributed by atoms with Gasteiger partial charge >= 0.3 is 0 Å². The first-order chi connectivity index (χ1) is 12.4. The number of alkyl halides is 1. The molecule has 2 heterocycles. The number of nitrogens with zero attached hydrogens (tertiary/aromatic N) is 2. The fourth-order valence-corrected chi connectivity index (χ4v) is 7.31. The fraction of sp³-hybridized carbons (Fsp3) is 0.200. The minimum absolute atomic E-state index is 0.732. The monoisotopic (exact) mass is 467 g/mol. The highest BCUT2D eigenvalue weighted by Gasteiger charge is 2.45. The van der Waals surface area contributed by atoms with Gasteiger partial charge in [0.15, 0.2) is 0 Å². The molecule has 0 bridgehead atoms. The van der Waals surface area contributed by atoms with E-state index in [2.05, 4.69) is 75.0 Å². The number of benzene rings is 1. The van der Waals surface area contributed by atoms with Crippen molar-refractivity contribution < 1.29 is 4.74 Å². The van der Waals surface area contributed by atoms with Gasteiger partial charge in [-0.05, 0) is 36.4 Å². The summed E-state index contributed by atoms with van der Waals surface area (Å²) < 4.78 is 6.89. The number of halogens is 1. The van der Waals surface area contributed by atoms with Crippen LogP contribution < -0.4 is 15.9 Å². The number of hydrogen-bond donors (Lipinski definition) is 0. The number of aromatic nitrogens is 2. The molecule has 3 rings (SSSR count). The maximum atomic E-state index is 5.88. The molecule has 3 aromatic rings. The molecule has 0 aliphatic rings. The van der Waals surface area contributed by atoms with E-state index in [1.807, 2.05) is 36.9 Å². The van der Waals surface area contributed by atoms with Crippen LogP contribution in [-0.2, 0) is 4.74 Å². The third-order valence-corrected chi connectivity index (χ3v) is 8.93. The van der Waals surface area contributed by atoms with Gasteiger partial charge < -0.3 is 4.74 Å². The Labute approximate surface area is 163 Å². The minimum Gasteiger partial charge on any atom is -0.377 e. The third-order valence-electron chi connectivity index (χ3n) is 4.16. The Kier molecular flexibility index (Phi) is 6.91. The van der Waals surface area contributed by atoms with Crippen molar-refractivity contribution in [3.63, 3.8) is 0 Å². The van der Waals surface area contributed by atoms with E-state index in [4.69, 9.17) is 4.74 Å². The Bertz CT molecular complexity index is 660. The van der Waals surface area contributed by atoms with Crippen molar-refractivity contribution in [1.29, 1.82) is 0 Å². The molecule has 128 valence electrons. The number of ether oxygens (including phenoxy) is 1. The Hall–Kier alpha value is -1.36. The summed E-state index contributed by atoms with van der Waals surface area (Å²) in [7, 11) is -1.85. The molecule has 1 aromatic carbocycles. The summed E-state index contributed by atoms with van der Waals surface area (Å²) >= 11 is 2.35. The molecule has 25 heavy (non-hydrogen) atoms. The van der Waals surface area contributed by atoms with E-state index in [-0.39, 0.29) is 0 Å². The van der Waals surface area contributed by atoms with Crippen LogP contribution in [-0.4, -0.2) is 33.8 Å². The van der Waals surface area contributed by atoms with Crippen molar-refractivity contribution in [2.24, 2.45) is 0 Å². The molecule has 5 heteroatoms. The van der Waals surface area contributed by atoms with Gasteiger partial charge in [-0.15, -0.1) is 0 Å². The molecule has 0 spiro atoms. The van der Waals surface area contributed by atoms with Crippen molar-refractivity contribution in [2.45, 2.75) is 0 Å². The second-order valence-corrected chi connectivity index (χ2v) is 10.3. The van der Waals surface area contributed by atoms with Crippen LogP contribution >= 0.6 is 29.9 Å². The second kappa shape index (κ2) is 9.37. The van der Waals surface area contributed by atoms with Gasteiger partial charge in [-0.2, -0.15) is 0 Å². The lowest BCUT2D eigenvalue weighted by molar-refractivity contribution is 0.168. The van der Waals surface area contributed by atoms with Crippen molar-refractivity contribution in [3.8, 4) is 0 Å². The largest absolute Gasteiger partial charge is 0.377 e. The highest BCUT2D eigenvalue weighted by Crippen LogP contribution is 2.54. The van der Waals surface area contributed by atoms with Gasteiger partial charge in [0.1, 0.15) is 23.2 Å². The van der Waals surface area contributed by atoms with Crippen molar-refractivity contribution >= 4 is 45.8 Å². The van der Waals surface area contributed by atoms with Crippen LogP contribution in [0.5, 0.6) is 0 Å². The maximum absolute atomic E-state index is 5.88. The lowest BCUT2D eigenvalue weighted by Crippen LogP contribution is -2.35. The highest BCUT2D eigenvalue weighted by molar-refractivity contribution is 14.1. The van der Waals surface area contributed by atoms with Gasteiger partial charge in [-0.25, -0.2) is 0 Å². The molecule has 3 nitrogen and oxygen atoms in total. The first-order valence-corrected chi connectivity index (χ1v) is 11.8. The SMILES string of the molecule is [131I]CCOCC[P+](c1ccccc1)(c1cccnc1)c1cccnc1. The second-order valence-electron chi connectivity index (χ2n) is 5.59. The van der Waals surface area contributed by atoms with Gasteiger partial charge in [-0.3, -0.25) is 9.97 Å². The standard InChI is InChI=1S/C20H21IN2OP/c21-10-13-24-14-15-25(18-6-2-1-3-7-18,19-8-4-11-22-16-19)20-9-5-12-23-17-20/h1-9,11-12,16-17H,10,13-15H2/q+1/i21+4. The molecule has 0 aliphatic carbocycles. The first-order valence-electron chi connectivity index (χ1n) is 8.26. The molecule has 0 N–H and O–H groups in total. The van der Waals surface area contributed by atoms with E-state index in [0.29, 0.717) is 0 Å². The van der Waals surface area contributed by atoms with Gasteiger partial charge in [0.05, 0.1) is 31.8 Å². The zero-order valence-electron chi connectivity index (χ0n) is 14.0. The molecular weight excluding hydrogens is 446 g/mol. The Morgan fingerprint density at radius 1 is 0.760 bits per heavy atom. The Morgan fingerprint density at radius 2 is 1.36 bits per heavy atom. The van der Waals surface area contributed by atoms with Gasteiger partial charge in [-0.1, -0.05) is 40.8 Å². The minimum atomic E-state index is -1.85. The Balaban J connectivity index is 2.13. The van der Waals surface area contributed by atoms with Crippen LogP contribution in [0.3, 0.4) is 0 Å². The summed E-state index contributed by atoms with van der Waals surface area (Å²) in [5, 5.41) is 3.88. The molecule has 2 aromatic heterocycles.